The molecule has 1 fully saturated rings. The number of carbonyl (C=O) groups is 3. The zero-order valence-electron chi connectivity index (χ0n) is 13.7. The summed E-state index contributed by atoms with van der Waals surface area (Å²) in [5.41, 5.74) is 8.48. The summed E-state index contributed by atoms with van der Waals surface area (Å²) in [6.07, 6.45) is -0.233. The van der Waals surface area contributed by atoms with Crippen LogP contribution in [0.15, 0.2) is 24.3 Å². The number of hydrogen-bond acceptors (Lipinski definition) is 7. The molecule has 0 aliphatic carbocycles. The monoisotopic (exact) mass is 361 g/mol. The van der Waals surface area contributed by atoms with Gasteiger partial charge in [-0.1, -0.05) is 0 Å². The molecule has 0 bridgehead atoms. The Morgan fingerprint density at radius 3 is 2.54 bits per heavy atom. The molecule has 1 aromatic carbocycles. The molecule has 1 amide bonds. The van der Waals surface area contributed by atoms with Crippen molar-refractivity contribution < 1.29 is 28.8 Å². The van der Waals surface area contributed by atoms with Crippen LogP contribution in [-0.2, 0) is 25.7 Å². The minimum Gasteiger partial charge on any atom is -0.452 e. The molecule has 2 atom stereocenters. The Kier molecular flexibility index (Phi) is 5.89. The number of rotatable bonds is 8. The fourth-order valence-electron chi connectivity index (χ4n) is 2.38. The van der Waals surface area contributed by atoms with E-state index in [-0.39, 0.29) is 24.6 Å². The van der Waals surface area contributed by atoms with E-state index in [1.807, 2.05) is 0 Å². The van der Waals surface area contributed by atoms with Gasteiger partial charge in [-0.05, 0) is 24.7 Å². The number of β-lactam (4-membered cyclic amide) rings is 1. The molecule has 1 saturated heterocycles. The molecule has 11 nitrogen and oxygen atoms in total. The smallest absolute Gasteiger partial charge is 0.441 e. The first-order valence-corrected chi connectivity index (χ1v) is 7.50. The van der Waals surface area contributed by atoms with Crippen LogP contribution in [0, 0.1) is 10.1 Å². The first kappa shape index (κ1) is 18.9. The molecular formula is C15H15N5O6. The van der Waals surface area contributed by atoms with Crippen molar-refractivity contribution >= 4 is 29.1 Å². The second-order valence-electron chi connectivity index (χ2n) is 5.46. The van der Waals surface area contributed by atoms with Gasteiger partial charge in [-0.2, -0.15) is 4.79 Å². The molecule has 0 aromatic heterocycles. The van der Waals surface area contributed by atoms with Gasteiger partial charge in [0.1, 0.15) is 12.6 Å². The van der Waals surface area contributed by atoms with Gasteiger partial charge >= 0.3 is 11.7 Å². The molecule has 0 spiro atoms. The third-order valence-corrected chi connectivity index (χ3v) is 3.80. The van der Waals surface area contributed by atoms with Crippen molar-refractivity contribution in [2.45, 2.75) is 25.1 Å². The molecule has 11 heteroatoms. The summed E-state index contributed by atoms with van der Waals surface area (Å²) >= 11 is 0. The molecule has 1 aliphatic rings. The van der Waals surface area contributed by atoms with E-state index in [4.69, 9.17) is 10.3 Å². The number of amides is 1. The van der Waals surface area contributed by atoms with E-state index in [1.54, 1.807) is 7.05 Å². The average molecular weight is 361 g/mol. The molecule has 1 aromatic rings. The lowest BCUT2D eigenvalue weighted by Crippen LogP contribution is -2.68. The van der Waals surface area contributed by atoms with Crippen molar-refractivity contribution in [3.63, 3.8) is 0 Å². The van der Waals surface area contributed by atoms with Gasteiger partial charge in [-0.25, -0.2) is 4.79 Å². The molecule has 2 N–H and O–H groups in total. The lowest BCUT2D eigenvalue weighted by Gasteiger charge is -2.35. The number of nitro benzene ring substituents is 1. The Balaban J connectivity index is 1.92. The Hall–Kier alpha value is -3.43. The SMILES string of the molecule is CN[C@H]1C(=O)N[C@@H]1CC(=O)C(=[N+]=[N-])C(=O)OCc1ccc([N+](=O)[O-])cc1. The number of hydrogen-bond donors (Lipinski definition) is 2. The van der Waals surface area contributed by atoms with Crippen molar-refractivity contribution in [3.05, 3.63) is 45.5 Å². The van der Waals surface area contributed by atoms with Crippen molar-refractivity contribution in [3.8, 4) is 0 Å². The molecule has 0 saturated carbocycles. The van der Waals surface area contributed by atoms with Crippen LogP contribution in [0.1, 0.15) is 12.0 Å². The largest absolute Gasteiger partial charge is 0.452 e. The van der Waals surface area contributed by atoms with Gasteiger partial charge in [-0.15, -0.1) is 0 Å². The van der Waals surface area contributed by atoms with Crippen LogP contribution in [0.25, 0.3) is 5.53 Å². The third-order valence-electron chi connectivity index (χ3n) is 3.80. The summed E-state index contributed by atoms with van der Waals surface area (Å²) < 4.78 is 4.89. The van der Waals surface area contributed by atoms with E-state index in [2.05, 4.69) is 15.4 Å². The van der Waals surface area contributed by atoms with Crippen molar-refractivity contribution in [2.75, 3.05) is 7.05 Å². The predicted molar refractivity (Wildman–Crippen MR) is 85.9 cm³/mol. The van der Waals surface area contributed by atoms with E-state index < -0.39 is 34.5 Å². The number of ketones is 1. The van der Waals surface area contributed by atoms with Crippen LogP contribution in [-0.4, -0.2) is 52.2 Å². The van der Waals surface area contributed by atoms with Crippen LogP contribution in [0.3, 0.4) is 0 Å². The normalized spacial score (nSPS) is 18.1. The number of nitrogens with one attached hydrogen (secondary N) is 2. The zero-order chi connectivity index (χ0) is 19.3. The molecule has 0 radical (unpaired) electrons. The molecule has 2 rings (SSSR count). The highest BCUT2D eigenvalue weighted by Gasteiger charge is 2.42. The van der Waals surface area contributed by atoms with Crippen LogP contribution in [0.2, 0.25) is 0 Å². The fourth-order valence-corrected chi connectivity index (χ4v) is 2.38. The predicted octanol–water partition coefficient (Wildman–Crippen LogP) is -0.646. The van der Waals surface area contributed by atoms with E-state index in [9.17, 15) is 24.5 Å². The molecule has 1 aliphatic heterocycles. The Morgan fingerprint density at radius 1 is 1.38 bits per heavy atom. The number of likely N-dealkylation sites (N-methyl/N-ethyl adjacent to an activating group) is 1. The Labute approximate surface area is 147 Å². The van der Waals surface area contributed by atoms with Gasteiger partial charge in [-0.3, -0.25) is 19.7 Å². The summed E-state index contributed by atoms with van der Waals surface area (Å²) in [7, 11) is 1.56. The minimum absolute atomic E-state index is 0.116. The second kappa shape index (κ2) is 8.10. The average Bonchev–Trinajstić information content (AvgIpc) is 2.60. The van der Waals surface area contributed by atoms with Gasteiger partial charge in [0.15, 0.2) is 0 Å². The summed E-state index contributed by atoms with van der Waals surface area (Å²) in [6.45, 7) is -0.261. The number of ether oxygens (including phenoxy) is 1. The van der Waals surface area contributed by atoms with Gasteiger partial charge in [0, 0.05) is 18.6 Å². The van der Waals surface area contributed by atoms with Crippen LogP contribution in [0.4, 0.5) is 5.69 Å². The van der Waals surface area contributed by atoms with Gasteiger partial charge < -0.3 is 20.9 Å². The van der Waals surface area contributed by atoms with Gasteiger partial charge in [0.2, 0.25) is 5.91 Å². The minimum atomic E-state index is -1.14. The summed E-state index contributed by atoms with van der Waals surface area (Å²) in [5.74, 6) is -2.19. The topological polar surface area (TPSA) is 164 Å². The molecule has 0 unspecified atom stereocenters. The van der Waals surface area contributed by atoms with Crippen LogP contribution in [0.5, 0.6) is 0 Å². The lowest BCUT2D eigenvalue weighted by atomic mass is 9.93. The quantitative estimate of drug-likeness (QED) is 0.0908. The second-order valence-corrected chi connectivity index (χ2v) is 5.46. The Morgan fingerprint density at radius 2 is 2.04 bits per heavy atom. The number of esters is 1. The molecule has 136 valence electrons. The highest BCUT2D eigenvalue weighted by Crippen LogP contribution is 2.13. The van der Waals surface area contributed by atoms with Gasteiger partial charge in [0.05, 0.1) is 11.0 Å². The van der Waals surface area contributed by atoms with Crippen molar-refractivity contribution in [2.24, 2.45) is 0 Å². The Bertz CT molecular complexity index is 799. The number of nitro groups is 1. The first-order chi connectivity index (χ1) is 12.4. The summed E-state index contributed by atoms with van der Waals surface area (Å²) in [5, 5.41) is 15.8. The van der Waals surface area contributed by atoms with E-state index in [0.29, 0.717) is 5.56 Å². The number of nitrogens with zero attached hydrogens (tertiary/aromatic N) is 3. The van der Waals surface area contributed by atoms with E-state index in [1.165, 1.54) is 24.3 Å². The van der Waals surface area contributed by atoms with Crippen molar-refractivity contribution in [1.82, 2.24) is 10.6 Å². The molecule has 1 heterocycles. The molecule has 26 heavy (non-hydrogen) atoms. The highest BCUT2D eigenvalue weighted by atomic mass is 16.6. The first-order valence-electron chi connectivity index (χ1n) is 7.50. The van der Waals surface area contributed by atoms with Crippen LogP contribution < -0.4 is 10.6 Å². The highest BCUT2D eigenvalue weighted by molar-refractivity contribution is 6.62. The van der Waals surface area contributed by atoms with Crippen LogP contribution >= 0.6 is 0 Å². The maximum absolute atomic E-state index is 12.1. The lowest BCUT2D eigenvalue weighted by molar-refractivity contribution is -0.384. The summed E-state index contributed by atoms with van der Waals surface area (Å²) in [6, 6.07) is 4.20. The van der Waals surface area contributed by atoms with E-state index >= 15 is 0 Å². The summed E-state index contributed by atoms with van der Waals surface area (Å²) in [4.78, 5) is 47.9. The third kappa shape index (κ3) is 4.15. The number of non-ortho nitro benzene ring substituents is 1. The number of carbonyl (C=O) groups excluding carboxylic acids is 3. The standard InChI is InChI=1S/C15H15N5O6/c1-17-12-10(18-14(12)22)6-11(21)13(19-16)15(23)26-7-8-2-4-9(5-3-8)20(24)25/h2-5,10,12,17H,6-7H2,1H3,(H,18,22)/t10-,12-/m1/s1. The fraction of sp³-hybridized carbons (Fsp3) is 0.333. The van der Waals surface area contributed by atoms with Crippen molar-refractivity contribution in [1.29, 1.82) is 0 Å². The number of benzene rings is 1. The van der Waals surface area contributed by atoms with E-state index in [0.717, 1.165) is 0 Å². The maximum Gasteiger partial charge on any atom is 0.441 e. The number of Topliss-reactive ketones (excluding diaryl/α,β-unsaturated/α-hetero) is 1. The molecular weight excluding hydrogens is 346 g/mol. The zero-order valence-corrected chi connectivity index (χ0v) is 13.7. The van der Waals surface area contributed by atoms with Gasteiger partial charge in [0.25, 0.3) is 11.5 Å². The maximum atomic E-state index is 12.1.